The van der Waals surface area contributed by atoms with Crippen molar-refractivity contribution >= 4 is 21.6 Å². The van der Waals surface area contributed by atoms with Crippen LogP contribution in [0.15, 0.2) is 42.5 Å². The van der Waals surface area contributed by atoms with Gasteiger partial charge in [0.15, 0.2) is 0 Å². The minimum absolute atomic E-state index is 0.120. The van der Waals surface area contributed by atoms with Gasteiger partial charge in [-0.3, -0.25) is 0 Å². The molecule has 0 amide bonds. The number of hydrogen-bond acceptors (Lipinski definition) is 2. The van der Waals surface area contributed by atoms with Gasteiger partial charge in [0.25, 0.3) is 0 Å². The summed E-state index contributed by atoms with van der Waals surface area (Å²) in [5.41, 5.74) is 0.572. The lowest BCUT2D eigenvalue weighted by atomic mass is 10.2. The average Bonchev–Trinajstić information content (AvgIpc) is 2.45. The van der Waals surface area contributed by atoms with Crippen molar-refractivity contribution in [3.8, 4) is 0 Å². The fourth-order valence-corrected chi connectivity index (χ4v) is 3.29. The Morgan fingerprint density at radius 3 is 2.32 bits per heavy atom. The van der Waals surface area contributed by atoms with Crippen LogP contribution in [-0.4, -0.2) is 19.8 Å². The molecule has 3 nitrogen and oxygen atoms in total. The summed E-state index contributed by atoms with van der Waals surface area (Å²) < 4.78 is 52.1. The van der Waals surface area contributed by atoms with E-state index in [0.717, 1.165) is 4.31 Å². The van der Waals surface area contributed by atoms with Crippen LogP contribution in [0.3, 0.4) is 0 Å². The highest BCUT2D eigenvalue weighted by Crippen LogP contribution is 2.22. The van der Waals surface area contributed by atoms with Crippen molar-refractivity contribution in [2.24, 2.45) is 0 Å². The molecule has 0 bridgehead atoms. The van der Waals surface area contributed by atoms with Crippen molar-refractivity contribution in [2.75, 3.05) is 7.05 Å². The number of halogens is 3. The minimum atomic E-state index is -3.67. The maximum atomic E-state index is 13.7. The Labute approximate surface area is 133 Å². The van der Waals surface area contributed by atoms with E-state index in [0.29, 0.717) is 5.56 Å². The topological polar surface area (TPSA) is 37.4 Å². The van der Waals surface area contributed by atoms with Gasteiger partial charge in [-0.1, -0.05) is 29.8 Å². The highest BCUT2D eigenvalue weighted by molar-refractivity contribution is 7.88. The van der Waals surface area contributed by atoms with Gasteiger partial charge in [-0.25, -0.2) is 21.5 Å². The van der Waals surface area contributed by atoms with Gasteiger partial charge in [0.1, 0.15) is 11.6 Å². The molecule has 7 heteroatoms. The molecule has 0 N–H and O–H groups in total. The van der Waals surface area contributed by atoms with E-state index in [1.807, 2.05) is 0 Å². The number of nitrogens with zero attached hydrogens (tertiary/aromatic N) is 1. The first-order valence-corrected chi connectivity index (χ1v) is 8.39. The predicted octanol–water partition coefficient (Wildman–Crippen LogP) is 3.58. The van der Waals surface area contributed by atoms with Gasteiger partial charge in [0, 0.05) is 24.2 Å². The molecule has 0 radical (unpaired) electrons. The molecule has 22 heavy (non-hydrogen) atoms. The van der Waals surface area contributed by atoms with E-state index in [4.69, 9.17) is 11.6 Å². The number of rotatable bonds is 5. The summed E-state index contributed by atoms with van der Waals surface area (Å²) in [6, 6.07) is 9.36. The van der Waals surface area contributed by atoms with Gasteiger partial charge >= 0.3 is 0 Å². The maximum Gasteiger partial charge on any atom is 0.218 e. The van der Waals surface area contributed by atoms with Gasteiger partial charge in [0.2, 0.25) is 10.0 Å². The Kier molecular flexibility index (Phi) is 5.16. The van der Waals surface area contributed by atoms with E-state index in [1.165, 1.54) is 49.5 Å². The van der Waals surface area contributed by atoms with Crippen molar-refractivity contribution in [3.05, 3.63) is 70.2 Å². The zero-order chi connectivity index (χ0) is 16.3. The quantitative estimate of drug-likeness (QED) is 0.830. The fraction of sp³-hybridized carbons (Fsp3) is 0.200. The Hall–Kier alpha value is -1.50. The molecule has 0 saturated carbocycles. The zero-order valence-electron chi connectivity index (χ0n) is 11.8. The van der Waals surface area contributed by atoms with Crippen LogP contribution in [0.25, 0.3) is 0 Å². The molecule has 2 rings (SSSR count). The summed E-state index contributed by atoms with van der Waals surface area (Å²) in [4.78, 5) is 0. The molecule has 0 fully saturated rings. The first kappa shape index (κ1) is 16.9. The first-order valence-electron chi connectivity index (χ1n) is 6.41. The largest absolute Gasteiger partial charge is 0.218 e. The summed E-state index contributed by atoms with van der Waals surface area (Å²) >= 11 is 5.90. The summed E-state index contributed by atoms with van der Waals surface area (Å²) in [6.07, 6.45) is 0. The lowest BCUT2D eigenvalue weighted by Gasteiger charge is -2.18. The summed E-state index contributed by atoms with van der Waals surface area (Å²) in [6.45, 7) is -0.172. The average molecular weight is 346 g/mol. The normalized spacial score (nSPS) is 11.9. The third kappa shape index (κ3) is 4.03. The van der Waals surface area contributed by atoms with Crippen molar-refractivity contribution in [1.82, 2.24) is 4.31 Å². The van der Waals surface area contributed by atoms with Gasteiger partial charge in [-0.2, -0.15) is 0 Å². The summed E-state index contributed by atoms with van der Waals surface area (Å²) in [7, 11) is -2.32. The van der Waals surface area contributed by atoms with E-state index < -0.39 is 21.7 Å². The van der Waals surface area contributed by atoms with E-state index >= 15 is 0 Å². The second-order valence-electron chi connectivity index (χ2n) is 4.84. The molecule has 0 atom stereocenters. The Bertz CT molecular complexity index is 743. The molecule has 0 aliphatic rings. The van der Waals surface area contributed by atoms with Gasteiger partial charge in [-0.15, -0.1) is 0 Å². The van der Waals surface area contributed by atoms with Crippen LogP contribution in [0.1, 0.15) is 11.1 Å². The van der Waals surface area contributed by atoms with E-state index in [-0.39, 0.29) is 22.9 Å². The molecule has 118 valence electrons. The van der Waals surface area contributed by atoms with Gasteiger partial charge < -0.3 is 0 Å². The van der Waals surface area contributed by atoms with E-state index in [1.54, 1.807) is 0 Å². The number of sulfonamides is 1. The fourth-order valence-electron chi connectivity index (χ4n) is 1.91. The second kappa shape index (κ2) is 6.73. The van der Waals surface area contributed by atoms with Crippen molar-refractivity contribution in [3.63, 3.8) is 0 Å². The second-order valence-corrected chi connectivity index (χ2v) is 7.32. The molecule has 2 aromatic carbocycles. The Balaban J connectivity index is 2.17. The van der Waals surface area contributed by atoms with Gasteiger partial charge in [0.05, 0.1) is 5.75 Å². The monoisotopic (exact) mass is 345 g/mol. The zero-order valence-corrected chi connectivity index (χ0v) is 13.3. The molecule has 0 aromatic heterocycles. The van der Waals surface area contributed by atoms with Crippen LogP contribution in [0.5, 0.6) is 0 Å². The summed E-state index contributed by atoms with van der Waals surface area (Å²) in [5, 5.41) is 0.170. The van der Waals surface area contributed by atoms with Gasteiger partial charge in [-0.05, 0) is 29.8 Å². The van der Waals surface area contributed by atoms with Crippen molar-refractivity contribution in [2.45, 2.75) is 12.3 Å². The van der Waals surface area contributed by atoms with Crippen LogP contribution < -0.4 is 0 Å². The summed E-state index contributed by atoms with van der Waals surface area (Å²) in [5.74, 6) is -1.29. The molecular formula is C15H14ClF2NO2S. The van der Waals surface area contributed by atoms with Crippen molar-refractivity contribution < 1.29 is 17.2 Å². The standard InChI is InChI=1S/C15H14ClF2NO2S/c1-19(9-13-14(16)3-2-4-15(13)18)22(20,21)10-11-5-7-12(17)8-6-11/h2-8H,9-10H2,1H3. The van der Waals surface area contributed by atoms with Crippen LogP contribution in [0.4, 0.5) is 8.78 Å². The van der Waals surface area contributed by atoms with E-state index in [2.05, 4.69) is 0 Å². The molecule has 0 saturated heterocycles. The van der Waals surface area contributed by atoms with Crippen LogP contribution in [0, 0.1) is 11.6 Å². The number of hydrogen-bond donors (Lipinski definition) is 0. The SMILES string of the molecule is CN(Cc1c(F)cccc1Cl)S(=O)(=O)Cc1ccc(F)cc1. The maximum absolute atomic E-state index is 13.7. The van der Waals surface area contributed by atoms with Crippen molar-refractivity contribution in [1.29, 1.82) is 0 Å². The Morgan fingerprint density at radius 1 is 1.09 bits per heavy atom. The predicted molar refractivity (Wildman–Crippen MR) is 81.9 cm³/mol. The highest BCUT2D eigenvalue weighted by atomic mass is 35.5. The minimum Gasteiger partial charge on any atom is -0.212 e. The van der Waals surface area contributed by atoms with E-state index in [9.17, 15) is 17.2 Å². The Morgan fingerprint density at radius 2 is 1.73 bits per heavy atom. The smallest absolute Gasteiger partial charge is 0.212 e. The van der Waals surface area contributed by atoms with Crippen LogP contribution >= 0.6 is 11.6 Å². The highest BCUT2D eigenvalue weighted by Gasteiger charge is 2.21. The molecular weight excluding hydrogens is 332 g/mol. The first-order chi connectivity index (χ1) is 10.3. The van der Waals surface area contributed by atoms with Crippen LogP contribution in [0.2, 0.25) is 5.02 Å². The van der Waals surface area contributed by atoms with Crippen LogP contribution in [-0.2, 0) is 22.3 Å². The lowest BCUT2D eigenvalue weighted by Crippen LogP contribution is -2.28. The molecule has 0 aliphatic heterocycles. The third-order valence-corrected chi connectivity index (χ3v) is 5.31. The molecule has 2 aromatic rings. The third-order valence-electron chi connectivity index (χ3n) is 3.18. The molecule has 0 aliphatic carbocycles. The lowest BCUT2D eigenvalue weighted by molar-refractivity contribution is 0.455. The molecule has 0 unspecified atom stereocenters. The molecule has 0 heterocycles. The number of benzene rings is 2. The molecule has 0 spiro atoms.